The number of hydrogen-bond acceptors (Lipinski definition) is 3. The Morgan fingerprint density at radius 1 is 1.28 bits per heavy atom. The van der Waals surface area contributed by atoms with Crippen molar-refractivity contribution in [1.82, 2.24) is 5.32 Å². The number of nitrogens with one attached hydrogen (secondary N) is 1. The molecule has 0 bridgehead atoms. The van der Waals surface area contributed by atoms with Crippen LogP contribution in [0, 0.1) is 11.8 Å². The Bertz CT molecular complexity index is 310. The second-order valence-electron chi connectivity index (χ2n) is 7.53. The molecule has 3 N–H and O–H groups in total. The van der Waals surface area contributed by atoms with Gasteiger partial charge in [-0.05, 0) is 65.3 Å². The minimum atomic E-state index is -0.200. The second-order valence-corrected chi connectivity index (χ2v) is 7.53. The van der Waals surface area contributed by atoms with Crippen molar-refractivity contribution in [2.75, 3.05) is 13.1 Å². The third-order valence-electron chi connectivity index (χ3n) is 4.95. The Morgan fingerprint density at radius 3 is 2.28 bits per heavy atom. The molecule has 2 unspecified atom stereocenters. The van der Waals surface area contributed by atoms with Crippen molar-refractivity contribution in [3.05, 3.63) is 0 Å². The van der Waals surface area contributed by atoms with Crippen molar-refractivity contribution in [1.29, 1.82) is 0 Å². The standard InChI is InChI=1S/C15H30N2O/c1-11(12-6-7-12)8-17-15(10-16)9-13(2,3)18-14(15,4)5/h11-12,17H,6-10,16H2,1-5H3. The molecule has 0 radical (unpaired) electrons. The molecule has 1 aliphatic heterocycles. The predicted molar refractivity (Wildman–Crippen MR) is 75.5 cm³/mol. The van der Waals surface area contributed by atoms with E-state index in [1.165, 1.54) is 12.8 Å². The number of hydrogen-bond donors (Lipinski definition) is 2. The topological polar surface area (TPSA) is 47.3 Å². The van der Waals surface area contributed by atoms with Gasteiger partial charge < -0.3 is 15.8 Å². The molecule has 2 aliphatic rings. The van der Waals surface area contributed by atoms with Gasteiger partial charge in [0.25, 0.3) is 0 Å². The predicted octanol–water partition coefficient (Wildman–Crippen LogP) is 2.30. The lowest BCUT2D eigenvalue weighted by atomic mass is 9.78. The molecule has 0 aromatic carbocycles. The van der Waals surface area contributed by atoms with Gasteiger partial charge in [-0.3, -0.25) is 0 Å². The van der Waals surface area contributed by atoms with Crippen LogP contribution in [0.25, 0.3) is 0 Å². The number of rotatable bonds is 5. The molecule has 0 amide bonds. The van der Waals surface area contributed by atoms with E-state index < -0.39 is 0 Å². The van der Waals surface area contributed by atoms with Gasteiger partial charge in [-0.1, -0.05) is 6.92 Å². The highest BCUT2D eigenvalue weighted by atomic mass is 16.5. The Hall–Kier alpha value is -0.120. The maximum Gasteiger partial charge on any atom is 0.0827 e. The summed E-state index contributed by atoms with van der Waals surface area (Å²) in [6, 6.07) is 0. The minimum Gasteiger partial charge on any atom is -0.368 e. The summed E-state index contributed by atoms with van der Waals surface area (Å²) in [6.07, 6.45) is 3.80. The van der Waals surface area contributed by atoms with Gasteiger partial charge >= 0.3 is 0 Å². The second kappa shape index (κ2) is 4.46. The first-order valence-electron chi connectivity index (χ1n) is 7.37. The largest absolute Gasteiger partial charge is 0.368 e. The SMILES string of the molecule is CC(CNC1(CN)CC(C)(C)OC1(C)C)C1CC1. The van der Waals surface area contributed by atoms with Crippen LogP contribution >= 0.6 is 0 Å². The summed E-state index contributed by atoms with van der Waals surface area (Å²) in [6.45, 7) is 12.7. The van der Waals surface area contributed by atoms with E-state index in [2.05, 4.69) is 39.9 Å². The van der Waals surface area contributed by atoms with E-state index in [0.29, 0.717) is 6.54 Å². The fourth-order valence-corrected chi connectivity index (χ4v) is 3.62. The van der Waals surface area contributed by atoms with Crippen LogP contribution in [0.5, 0.6) is 0 Å². The molecule has 1 saturated heterocycles. The van der Waals surface area contributed by atoms with E-state index in [4.69, 9.17) is 10.5 Å². The van der Waals surface area contributed by atoms with Gasteiger partial charge in [0.1, 0.15) is 0 Å². The molecule has 0 aromatic heterocycles. The van der Waals surface area contributed by atoms with E-state index in [9.17, 15) is 0 Å². The Labute approximate surface area is 112 Å². The zero-order valence-corrected chi connectivity index (χ0v) is 12.7. The van der Waals surface area contributed by atoms with Gasteiger partial charge in [-0.25, -0.2) is 0 Å². The highest BCUT2D eigenvalue weighted by Gasteiger charge is 2.56. The molecule has 106 valence electrons. The maximum absolute atomic E-state index is 6.21. The highest BCUT2D eigenvalue weighted by molar-refractivity contribution is 5.12. The first-order valence-corrected chi connectivity index (χ1v) is 7.37. The number of nitrogens with two attached hydrogens (primary N) is 1. The van der Waals surface area contributed by atoms with E-state index in [1.807, 2.05) is 0 Å². The molecule has 18 heavy (non-hydrogen) atoms. The molecule has 1 saturated carbocycles. The van der Waals surface area contributed by atoms with Crippen LogP contribution in [0.1, 0.15) is 53.9 Å². The minimum absolute atomic E-state index is 0.0837. The average Bonchev–Trinajstić information content (AvgIpc) is 3.02. The summed E-state index contributed by atoms with van der Waals surface area (Å²) in [7, 11) is 0. The van der Waals surface area contributed by atoms with Crippen molar-refractivity contribution < 1.29 is 4.74 Å². The molecule has 1 heterocycles. The normalized spacial score (nSPS) is 35.7. The van der Waals surface area contributed by atoms with Gasteiger partial charge in [0.2, 0.25) is 0 Å². The summed E-state index contributed by atoms with van der Waals surface area (Å²) < 4.78 is 6.21. The fourth-order valence-electron chi connectivity index (χ4n) is 3.62. The Balaban J connectivity index is 2.04. The molecular formula is C15H30N2O. The number of ether oxygens (including phenoxy) is 1. The van der Waals surface area contributed by atoms with Gasteiger partial charge in [-0.2, -0.15) is 0 Å². The third kappa shape index (κ3) is 2.59. The lowest BCUT2D eigenvalue weighted by molar-refractivity contribution is -0.0823. The first-order chi connectivity index (χ1) is 8.21. The van der Waals surface area contributed by atoms with E-state index in [-0.39, 0.29) is 16.7 Å². The monoisotopic (exact) mass is 254 g/mol. The average molecular weight is 254 g/mol. The quantitative estimate of drug-likeness (QED) is 0.791. The molecule has 2 rings (SSSR count). The van der Waals surface area contributed by atoms with Crippen LogP contribution in [-0.4, -0.2) is 29.8 Å². The summed E-state index contributed by atoms with van der Waals surface area (Å²) in [5, 5.41) is 3.76. The summed E-state index contributed by atoms with van der Waals surface area (Å²) in [5.74, 6) is 1.69. The van der Waals surface area contributed by atoms with Gasteiger partial charge in [0.05, 0.1) is 16.7 Å². The van der Waals surface area contributed by atoms with Crippen LogP contribution < -0.4 is 11.1 Å². The lowest BCUT2D eigenvalue weighted by Gasteiger charge is -2.40. The van der Waals surface area contributed by atoms with Gasteiger partial charge in [-0.15, -0.1) is 0 Å². The lowest BCUT2D eigenvalue weighted by Crippen LogP contribution is -2.62. The van der Waals surface area contributed by atoms with Gasteiger partial charge in [0, 0.05) is 6.54 Å². The van der Waals surface area contributed by atoms with Crippen molar-refractivity contribution in [3.8, 4) is 0 Å². The summed E-state index contributed by atoms with van der Waals surface area (Å²) in [4.78, 5) is 0. The highest BCUT2D eigenvalue weighted by Crippen LogP contribution is 2.45. The van der Waals surface area contributed by atoms with Crippen LogP contribution in [0.4, 0.5) is 0 Å². The fraction of sp³-hybridized carbons (Fsp3) is 1.00. The molecule has 2 fully saturated rings. The molecule has 3 nitrogen and oxygen atoms in total. The molecule has 0 spiro atoms. The summed E-state index contributed by atoms with van der Waals surface area (Å²) >= 11 is 0. The van der Waals surface area contributed by atoms with E-state index in [0.717, 1.165) is 24.8 Å². The van der Waals surface area contributed by atoms with Crippen molar-refractivity contribution >= 4 is 0 Å². The van der Waals surface area contributed by atoms with E-state index in [1.54, 1.807) is 0 Å². The van der Waals surface area contributed by atoms with Crippen LogP contribution in [0.15, 0.2) is 0 Å². The van der Waals surface area contributed by atoms with Crippen molar-refractivity contribution in [2.24, 2.45) is 17.6 Å². The molecule has 3 heteroatoms. The maximum atomic E-state index is 6.21. The zero-order chi connectivity index (χ0) is 13.6. The first kappa shape index (κ1) is 14.3. The van der Waals surface area contributed by atoms with Gasteiger partial charge in [0.15, 0.2) is 0 Å². The Morgan fingerprint density at radius 2 is 1.89 bits per heavy atom. The molecular weight excluding hydrogens is 224 g/mol. The smallest absolute Gasteiger partial charge is 0.0827 e. The molecule has 1 aliphatic carbocycles. The third-order valence-corrected chi connectivity index (χ3v) is 4.95. The van der Waals surface area contributed by atoms with Crippen molar-refractivity contribution in [2.45, 2.75) is 70.6 Å². The van der Waals surface area contributed by atoms with Crippen LogP contribution in [0.2, 0.25) is 0 Å². The van der Waals surface area contributed by atoms with Crippen molar-refractivity contribution in [3.63, 3.8) is 0 Å². The van der Waals surface area contributed by atoms with Crippen LogP contribution in [-0.2, 0) is 4.74 Å². The molecule has 2 atom stereocenters. The van der Waals surface area contributed by atoms with Crippen LogP contribution in [0.3, 0.4) is 0 Å². The Kier molecular flexibility index (Phi) is 3.54. The molecule has 0 aromatic rings. The zero-order valence-electron chi connectivity index (χ0n) is 12.7. The van der Waals surface area contributed by atoms with E-state index >= 15 is 0 Å². The summed E-state index contributed by atoms with van der Waals surface area (Å²) in [5.41, 5.74) is 5.73.